The van der Waals surface area contributed by atoms with Crippen LogP contribution in [0.4, 0.5) is 5.69 Å². The van der Waals surface area contributed by atoms with E-state index in [2.05, 4.69) is 21.9 Å². The van der Waals surface area contributed by atoms with E-state index in [1.165, 1.54) is 5.69 Å². The number of carbonyl (C=O) groups is 1. The maximum atomic E-state index is 13.0. The Kier molecular flexibility index (Phi) is 6.43. The number of hydrogen-bond acceptors (Lipinski definition) is 5. The standard InChI is InChI=1S/C24H31N3O3/c1-29-21-11-9-19(10-12-21)24(28)27-13-5-6-20(18-27)25-14-16-26(17-15-25)22-7-3-4-8-23(22)30-2/h3-4,7-12,20H,5-6,13-18H2,1-2H3. The van der Waals surface area contributed by atoms with Gasteiger partial charge in [-0.05, 0) is 49.2 Å². The zero-order chi connectivity index (χ0) is 20.9. The molecule has 2 aliphatic rings. The molecule has 1 atom stereocenters. The summed E-state index contributed by atoms with van der Waals surface area (Å²) in [6, 6.07) is 16.1. The second kappa shape index (κ2) is 9.39. The Balaban J connectivity index is 1.35. The number of carbonyl (C=O) groups excluding carboxylic acids is 1. The number of methoxy groups -OCH3 is 2. The predicted octanol–water partition coefficient (Wildman–Crippen LogP) is 3.13. The summed E-state index contributed by atoms with van der Waals surface area (Å²) in [4.78, 5) is 20.0. The van der Waals surface area contributed by atoms with Gasteiger partial charge in [0.1, 0.15) is 11.5 Å². The van der Waals surface area contributed by atoms with Gasteiger partial charge in [-0.1, -0.05) is 12.1 Å². The second-order valence-corrected chi connectivity index (χ2v) is 7.97. The molecular formula is C24H31N3O3. The normalized spacial score (nSPS) is 20.1. The molecule has 0 spiro atoms. The summed E-state index contributed by atoms with van der Waals surface area (Å²) < 4.78 is 10.7. The monoisotopic (exact) mass is 409 g/mol. The molecule has 6 heteroatoms. The van der Waals surface area contributed by atoms with Gasteiger partial charge in [-0.3, -0.25) is 9.69 Å². The van der Waals surface area contributed by atoms with Crippen LogP contribution in [-0.4, -0.2) is 75.2 Å². The van der Waals surface area contributed by atoms with Crippen molar-refractivity contribution in [1.82, 2.24) is 9.80 Å². The van der Waals surface area contributed by atoms with Gasteiger partial charge in [0, 0.05) is 50.9 Å². The Hall–Kier alpha value is -2.73. The van der Waals surface area contributed by atoms with Crippen LogP contribution in [0.3, 0.4) is 0 Å². The molecule has 2 heterocycles. The molecule has 0 aromatic heterocycles. The van der Waals surface area contributed by atoms with E-state index in [0.717, 1.165) is 69.2 Å². The summed E-state index contributed by atoms with van der Waals surface area (Å²) in [6.07, 6.45) is 2.21. The summed E-state index contributed by atoms with van der Waals surface area (Å²) >= 11 is 0. The van der Waals surface area contributed by atoms with Crippen LogP contribution in [0.5, 0.6) is 11.5 Å². The van der Waals surface area contributed by atoms with E-state index in [0.29, 0.717) is 6.04 Å². The minimum Gasteiger partial charge on any atom is -0.497 e. The Morgan fingerprint density at radius 2 is 1.63 bits per heavy atom. The smallest absolute Gasteiger partial charge is 0.253 e. The van der Waals surface area contributed by atoms with Crippen LogP contribution < -0.4 is 14.4 Å². The first-order chi connectivity index (χ1) is 14.7. The fraction of sp³-hybridized carbons (Fsp3) is 0.458. The number of piperazine rings is 1. The lowest BCUT2D eigenvalue weighted by molar-refractivity contribution is 0.0563. The van der Waals surface area contributed by atoms with Crippen molar-refractivity contribution in [3.8, 4) is 11.5 Å². The van der Waals surface area contributed by atoms with E-state index in [1.807, 2.05) is 41.3 Å². The van der Waals surface area contributed by atoms with E-state index in [9.17, 15) is 4.79 Å². The summed E-state index contributed by atoms with van der Waals surface area (Å²) in [7, 11) is 3.37. The Morgan fingerprint density at radius 1 is 0.900 bits per heavy atom. The molecule has 4 rings (SSSR count). The van der Waals surface area contributed by atoms with Crippen molar-refractivity contribution in [3.05, 3.63) is 54.1 Å². The molecular weight excluding hydrogens is 378 g/mol. The highest BCUT2D eigenvalue weighted by Gasteiger charge is 2.30. The van der Waals surface area contributed by atoms with Crippen molar-refractivity contribution in [2.45, 2.75) is 18.9 Å². The third-order valence-electron chi connectivity index (χ3n) is 6.28. The largest absolute Gasteiger partial charge is 0.497 e. The number of likely N-dealkylation sites (tertiary alicyclic amines) is 1. The fourth-order valence-electron chi connectivity index (χ4n) is 4.57. The van der Waals surface area contributed by atoms with Crippen molar-refractivity contribution in [1.29, 1.82) is 0 Å². The lowest BCUT2D eigenvalue weighted by Gasteiger charge is -2.44. The molecule has 160 valence electrons. The van der Waals surface area contributed by atoms with Crippen molar-refractivity contribution in [2.75, 3.05) is 58.4 Å². The molecule has 2 saturated heterocycles. The highest BCUT2D eigenvalue weighted by Crippen LogP contribution is 2.29. The second-order valence-electron chi connectivity index (χ2n) is 7.97. The van der Waals surface area contributed by atoms with Crippen molar-refractivity contribution < 1.29 is 14.3 Å². The van der Waals surface area contributed by atoms with Gasteiger partial charge in [-0.15, -0.1) is 0 Å². The molecule has 1 amide bonds. The molecule has 0 N–H and O–H groups in total. The maximum Gasteiger partial charge on any atom is 0.253 e. The highest BCUT2D eigenvalue weighted by molar-refractivity contribution is 5.94. The first kappa shape index (κ1) is 20.5. The van der Waals surface area contributed by atoms with E-state index in [4.69, 9.17) is 9.47 Å². The van der Waals surface area contributed by atoms with Crippen LogP contribution in [0.1, 0.15) is 23.2 Å². The minimum absolute atomic E-state index is 0.120. The van der Waals surface area contributed by atoms with Crippen molar-refractivity contribution in [2.24, 2.45) is 0 Å². The Bertz CT molecular complexity index is 847. The van der Waals surface area contributed by atoms with Gasteiger partial charge < -0.3 is 19.3 Å². The average Bonchev–Trinajstić information content (AvgIpc) is 2.84. The molecule has 2 fully saturated rings. The summed E-state index contributed by atoms with van der Waals surface area (Å²) in [5.41, 5.74) is 1.90. The van der Waals surface area contributed by atoms with E-state index >= 15 is 0 Å². The highest BCUT2D eigenvalue weighted by atomic mass is 16.5. The quantitative estimate of drug-likeness (QED) is 0.759. The van der Waals surface area contributed by atoms with Gasteiger partial charge in [0.2, 0.25) is 0 Å². The van der Waals surface area contributed by atoms with E-state index < -0.39 is 0 Å². The fourth-order valence-corrected chi connectivity index (χ4v) is 4.57. The van der Waals surface area contributed by atoms with Gasteiger partial charge in [0.05, 0.1) is 19.9 Å². The number of para-hydroxylation sites is 2. The first-order valence-electron chi connectivity index (χ1n) is 10.7. The van der Waals surface area contributed by atoms with Crippen LogP contribution in [-0.2, 0) is 0 Å². The molecule has 0 aliphatic carbocycles. The van der Waals surface area contributed by atoms with Gasteiger partial charge >= 0.3 is 0 Å². The van der Waals surface area contributed by atoms with Gasteiger partial charge in [0.25, 0.3) is 5.91 Å². The third kappa shape index (κ3) is 4.38. The average molecular weight is 410 g/mol. The van der Waals surface area contributed by atoms with Crippen molar-refractivity contribution >= 4 is 11.6 Å². The number of anilines is 1. The zero-order valence-electron chi connectivity index (χ0n) is 17.9. The Labute approximate surface area is 179 Å². The Morgan fingerprint density at radius 3 is 2.33 bits per heavy atom. The molecule has 30 heavy (non-hydrogen) atoms. The molecule has 2 aromatic carbocycles. The molecule has 2 aromatic rings. The van der Waals surface area contributed by atoms with Gasteiger partial charge in [-0.25, -0.2) is 0 Å². The van der Waals surface area contributed by atoms with Crippen molar-refractivity contribution in [3.63, 3.8) is 0 Å². The predicted molar refractivity (Wildman–Crippen MR) is 119 cm³/mol. The number of hydrogen-bond donors (Lipinski definition) is 0. The van der Waals surface area contributed by atoms with Crippen LogP contribution in [0.2, 0.25) is 0 Å². The number of ether oxygens (including phenoxy) is 2. The molecule has 2 aliphatic heterocycles. The van der Waals surface area contributed by atoms with Crippen LogP contribution >= 0.6 is 0 Å². The van der Waals surface area contributed by atoms with Crippen LogP contribution in [0, 0.1) is 0 Å². The lowest BCUT2D eigenvalue weighted by Crippen LogP contribution is -2.55. The topological polar surface area (TPSA) is 45.2 Å². The molecule has 0 saturated carbocycles. The summed E-state index contributed by atoms with van der Waals surface area (Å²) in [5.74, 6) is 1.82. The number of amides is 1. The first-order valence-corrected chi connectivity index (χ1v) is 10.7. The molecule has 6 nitrogen and oxygen atoms in total. The van der Waals surface area contributed by atoms with Crippen LogP contribution in [0.25, 0.3) is 0 Å². The minimum atomic E-state index is 0.120. The molecule has 0 bridgehead atoms. The number of benzene rings is 2. The third-order valence-corrected chi connectivity index (χ3v) is 6.28. The number of rotatable bonds is 5. The summed E-state index contributed by atoms with van der Waals surface area (Å²) in [5, 5.41) is 0. The molecule has 0 radical (unpaired) electrons. The van der Waals surface area contributed by atoms with E-state index in [-0.39, 0.29) is 5.91 Å². The zero-order valence-corrected chi connectivity index (χ0v) is 17.9. The summed E-state index contributed by atoms with van der Waals surface area (Å²) in [6.45, 7) is 5.61. The van der Waals surface area contributed by atoms with Gasteiger partial charge in [-0.2, -0.15) is 0 Å². The molecule has 1 unspecified atom stereocenters. The van der Waals surface area contributed by atoms with Gasteiger partial charge in [0.15, 0.2) is 0 Å². The SMILES string of the molecule is COc1ccc(C(=O)N2CCCC(N3CCN(c4ccccc4OC)CC3)C2)cc1. The maximum absolute atomic E-state index is 13.0. The van der Waals surface area contributed by atoms with E-state index in [1.54, 1.807) is 14.2 Å². The number of nitrogens with zero attached hydrogens (tertiary/aromatic N) is 3. The van der Waals surface area contributed by atoms with Crippen LogP contribution in [0.15, 0.2) is 48.5 Å². The lowest BCUT2D eigenvalue weighted by atomic mass is 10.0. The number of piperidine rings is 1.